The molecule has 2 N–H and O–H groups in total. The van der Waals surface area contributed by atoms with Gasteiger partial charge >= 0.3 is 0 Å². The predicted molar refractivity (Wildman–Crippen MR) is 84.2 cm³/mol. The summed E-state index contributed by atoms with van der Waals surface area (Å²) >= 11 is 0. The number of rotatable bonds is 5. The summed E-state index contributed by atoms with van der Waals surface area (Å²) in [5.41, 5.74) is 7.41. The van der Waals surface area contributed by atoms with Crippen molar-refractivity contribution in [1.82, 2.24) is 0 Å². The van der Waals surface area contributed by atoms with Crippen molar-refractivity contribution in [2.24, 2.45) is 5.73 Å². The smallest absolute Gasteiger partial charge is 0.135 e. The summed E-state index contributed by atoms with van der Waals surface area (Å²) < 4.78 is 20.0. The van der Waals surface area contributed by atoms with E-state index in [1.54, 1.807) is 19.1 Å². The minimum absolute atomic E-state index is 0.330. The van der Waals surface area contributed by atoms with Crippen LogP contribution in [0.1, 0.15) is 50.3 Å². The lowest BCUT2D eigenvalue weighted by molar-refractivity contribution is 0.451. The van der Waals surface area contributed by atoms with Crippen LogP contribution in [0.3, 0.4) is 0 Å². The van der Waals surface area contributed by atoms with Crippen LogP contribution < -0.4 is 10.5 Å². The number of halogens is 1. The molecule has 0 aromatic heterocycles. The lowest BCUT2D eigenvalue weighted by Crippen LogP contribution is -2.09. The van der Waals surface area contributed by atoms with Crippen molar-refractivity contribution in [3.05, 3.63) is 59.4 Å². The quantitative estimate of drug-likeness (QED) is 0.825. The second kappa shape index (κ2) is 6.72. The van der Waals surface area contributed by atoms with Gasteiger partial charge in [-0.1, -0.05) is 38.1 Å². The van der Waals surface area contributed by atoms with E-state index in [2.05, 4.69) is 13.8 Å². The van der Waals surface area contributed by atoms with Gasteiger partial charge in [0, 0.05) is 11.6 Å². The fourth-order valence-corrected chi connectivity index (χ4v) is 2.37. The lowest BCUT2D eigenvalue weighted by atomic mass is 9.98. The molecular formula is C18H22FNO. The van der Waals surface area contributed by atoms with Gasteiger partial charge in [0.05, 0.1) is 0 Å². The molecule has 0 bridgehead atoms. The van der Waals surface area contributed by atoms with Gasteiger partial charge in [-0.15, -0.1) is 0 Å². The SMILES string of the molecule is CCC(C)c1ccccc1Oc1cccc(F)c1[C@@H](C)N. The van der Waals surface area contributed by atoms with E-state index in [1.807, 2.05) is 24.3 Å². The third-order valence-electron chi connectivity index (χ3n) is 3.75. The van der Waals surface area contributed by atoms with E-state index in [9.17, 15) is 4.39 Å². The Hall–Kier alpha value is -1.87. The Labute approximate surface area is 125 Å². The van der Waals surface area contributed by atoms with Gasteiger partial charge in [0.15, 0.2) is 0 Å². The number of ether oxygens (including phenoxy) is 1. The number of hydrogen-bond acceptors (Lipinski definition) is 2. The van der Waals surface area contributed by atoms with E-state index in [0.29, 0.717) is 17.2 Å². The van der Waals surface area contributed by atoms with E-state index >= 15 is 0 Å². The highest BCUT2D eigenvalue weighted by Gasteiger charge is 2.16. The summed E-state index contributed by atoms with van der Waals surface area (Å²) in [6.07, 6.45) is 1.02. The predicted octanol–water partition coefficient (Wildman–Crippen LogP) is 5.15. The van der Waals surface area contributed by atoms with Crippen molar-refractivity contribution in [2.75, 3.05) is 0 Å². The third-order valence-corrected chi connectivity index (χ3v) is 3.75. The van der Waals surface area contributed by atoms with E-state index < -0.39 is 6.04 Å². The van der Waals surface area contributed by atoms with Crippen molar-refractivity contribution in [1.29, 1.82) is 0 Å². The summed E-state index contributed by atoms with van der Waals surface area (Å²) in [4.78, 5) is 0. The van der Waals surface area contributed by atoms with Gasteiger partial charge in [-0.25, -0.2) is 4.39 Å². The summed E-state index contributed by atoms with van der Waals surface area (Å²) in [5.74, 6) is 1.30. The first-order valence-corrected chi connectivity index (χ1v) is 7.35. The molecule has 0 saturated carbocycles. The molecule has 3 heteroatoms. The Kier molecular flexibility index (Phi) is 4.97. The maximum Gasteiger partial charge on any atom is 0.135 e. The molecule has 0 aliphatic carbocycles. The van der Waals surface area contributed by atoms with Gasteiger partial charge in [0.25, 0.3) is 0 Å². The van der Waals surface area contributed by atoms with E-state index in [4.69, 9.17) is 10.5 Å². The molecule has 0 radical (unpaired) electrons. The average Bonchev–Trinajstić information content (AvgIpc) is 2.46. The maximum atomic E-state index is 14.0. The highest BCUT2D eigenvalue weighted by molar-refractivity contribution is 5.44. The van der Waals surface area contributed by atoms with Crippen LogP contribution in [0.4, 0.5) is 4.39 Å². The summed E-state index contributed by atoms with van der Waals surface area (Å²) in [6.45, 7) is 6.04. The normalized spacial score (nSPS) is 13.8. The topological polar surface area (TPSA) is 35.2 Å². The van der Waals surface area contributed by atoms with Crippen LogP contribution in [0, 0.1) is 5.82 Å². The summed E-state index contributed by atoms with van der Waals surface area (Å²) in [6, 6.07) is 12.3. The van der Waals surface area contributed by atoms with Crippen LogP contribution in [0.5, 0.6) is 11.5 Å². The summed E-state index contributed by atoms with van der Waals surface area (Å²) in [5, 5.41) is 0. The Morgan fingerprint density at radius 3 is 2.38 bits per heavy atom. The van der Waals surface area contributed by atoms with E-state index in [-0.39, 0.29) is 5.82 Å². The fraction of sp³-hybridized carbons (Fsp3) is 0.333. The van der Waals surface area contributed by atoms with Crippen molar-refractivity contribution >= 4 is 0 Å². The van der Waals surface area contributed by atoms with Crippen LogP contribution in [0.25, 0.3) is 0 Å². The number of hydrogen-bond donors (Lipinski definition) is 1. The van der Waals surface area contributed by atoms with Crippen molar-refractivity contribution < 1.29 is 9.13 Å². The molecule has 2 aromatic rings. The lowest BCUT2D eigenvalue weighted by Gasteiger charge is -2.18. The number of nitrogens with two attached hydrogens (primary N) is 1. The first kappa shape index (κ1) is 15.5. The zero-order chi connectivity index (χ0) is 15.4. The Bertz CT molecular complexity index is 610. The Morgan fingerprint density at radius 1 is 1.05 bits per heavy atom. The average molecular weight is 287 g/mol. The van der Waals surface area contributed by atoms with Gasteiger partial charge in [0.1, 0.15) is 17.3 Å². The first-order valence-electron chi connectivity index (χ1n) is 7.35. The molecule has 0 spiro atoms. The summed E-state index contributed by atoms with van der Waals surface area (Å²) in [7, 11) is 0. The number of para-hydroxylation sites is 1. The van der Waals surface area contributed by atoms with Crippen molar-refractivity contribution in [2.45, 2.75) is 39.2 Å². The highest BCUT2D eigenvalue weighted by Crippen LogP contribution is 2.35. The minimum atomic E-state index is -0.419. The molecule has 2 atom stereocenters. The number of benzene rings is 2. The third kappa shape index (κ3) is 3.42. The molecule has 0 aliphatic rings. The standard InChI is InChI=1S/C18H22FNO/c1-4-12(2)14-8-5-6-10-16(14)21-17-11-7-9-15(19)18(17)13(3)20/h5-13H,4,20H2,1-3H3/t12?,13-/m1/s1. The zero-order valence-corrected chi connectivity index (χ0v) is 12.8. The van der Waals surface area contributed by atoms with Gasteiger partial charge < -0.3 is 10.5 Å². The molecule has 2 rings (SSSR count). The maximum absolute atomic E-state index is 14.0. The molecule has 1 unspecified atom stereocenters. The molecule has 2 aromatic carbocycles. The molecule has 0 aliphatic heterocycles. The molecule has 2 nitrogen and oxygen atoms in total. The van der Waals surface area contributed by atoms with Crippen molar-refractivity contribution in [3.63, 3.8) is 0 Å². The van der Waals surface area contributed by atoms with E-state index in [0.717, 1.165) is 17.7 Å². The van der Waals surface area contributed by atoms with Crippen LogP contribution in [0.2, 0.25) is 0 Å². The van der Waals surface area contributed by atoms with E-state index in [1.165, 1.54) is 6.07 Å². The largest absolute Gasteiger partial charge is 0.457 e. The minimum Gasteiger partial charge on any atom is -0.457 e. The molecule has 112 valence electrons. The molecular weight excluding hydrogens is 265 g/mol. The monoisotopic (exact) mass is 287 g/mol. The molecule has 0 amide bonds. The van der Waals surface area contributed by atoms with Gasteiger partial charge in [-0.05, 0) is 43.0 Å². The van der Waals surface area contributed by atoms with Gasteiger partial charge in [0.2, 0.25) is 0 Å². The van der Waals surface area contributed by atoms with Crippen LogP contribution in [-0.2, 0) is 0 Å². The van der Waals surface area contributed by atoms with Crippen LogP contribution >= 0.6 is 0 Å². The molecule has 21 heavy (non-hydrogen) atoms. The Balaban J connectivity index is 2.42. The Morgan fingerprint density at radius 2 is 1.71 bits per heavy atom. The fourth-order valence-electron chi connectivity index (χ4n) is 2.37. The first-order chi connectivity index (χ1) is 10.0. The van der Waals surface area contributed by atoms with Crippen LogP contribution in [-0.4, -0.2) is 0 Å². The molecule has 0 fully saturated rings. The van der Waals surface area contributed by atoms with Crippen LogP contribution in [0.15, 0.2) is 42.5 Å². The molecule has 0 saturated heterocycles. The second-order valence-corrected chi connectivity index (χ2v) is 5.39. The zero-order valence-electron chi connectivity index (χ0n) is 12.8. The van der Waals surface area contributed by atoms with Gasteiger partial charge in [-0.2, -0.15) is 0 Å². The van der Waals surface area contributed by atoms with Gasteiger partial charge in [-0.3, -0.25) is 0 Å². The molecule has 0 heterocycles. The van der Waals surface area contributed by atoms with Crippen molar-refractivity contribution in [3.8, 4) is 11.5 Å². The highest BCUT2D eigenvalue weighted by atomic mass is 19.1. The second-order valence-electron chi connectivity index (χ2n) is 5.39.